The van der Waals surface area contributed by atoms with E-state index in [1.165, 1.54) is 12.1 Å². The van der Waals surface area contributed by atoms with E-state index in [-0.39, 0.29) is 5.82 Å². The Balaban J connectivity index is 2.57. The summed E-state index contributed by atoms with van der Waals surface area (Å²) in [6.07, 6.45) is 0. The van der Waals surface area contributed by atoms with Gasteiger partial charge < -0.3 is 4.74 Å². The second kappa shape index (κ2) is 4.88. The molecule has 0 saturated heterocycles. The van der Waals surface area contributed by atoms with Crippen molar-refractivity contribution in [2.24, 2.45) is 0 Å². The van der Waals surface area contributed by atoms with Crippen LogP contribution in [0.1, 0.15) is 5.56 Å². The predicted molar refractivity (Wildman–Crippen MR) is 70.8 cm³/mol. The maximum absolute atomic E-state index is 12.9. The van der Waals surface area contributed by atoms with Crippen LogP contribution in [0.15, 0.2) is 40.9 Å². The van der Waals surface area contributed by atoms with Gasteiger partial charge in [-0.05, 0) is 42.3 Å². The summed E-state index contributed by atoms with van der Waals surface area (Å²) in [4.78, 5) is 0. The van der Waals surface area contributed by atoms with E-state index in [0.717, 1.165) is 26.9 Å². The summed E-state index contributed by atoms with van der Waals surface area (Å²) in [6, 6.07) is 10.3. The molecule has 17 heavy (non-hydrogen) atoms. The number of hydrogen-bond donors (Lipinski definition) is 0. The van der Waals surface area contributed by atoms with Gasteiger partial charge in [-0.15, -0.1) is 0 Å². The molecule has 3 heteroatoms. The lowest BCUT2D eigenvalue weighted by atomic mass is 10.0. The Morgan fingerprint density at radius 3 is 2.35 bits per heavy atom. The van der Waals surface area contributed by atoms with Crippen molar-refractivity contribution in [3.05, 3.63) is 52.3 Å². The number of methoxy groups -OCH3 is 1. The highest BCUT2D eigenvalue weighted by Crippen LogP contribution is 2.34. The maximum Gasteiger partial charge on any atom is 0.127 e. The predicted octanol–water partition coefficient (Wildman–Crippen LogP) is 4.57. The summed E-state index contributed by atoms with van der Waals surface area (Å²) in [6.45, 7) is 2.00. The topological polar surface area (TPSA) is 9.23 Å². The maximum atomic E-state index is 12.9. The standard InChI is InChI=1S/C14H12BrFO/c1-9-7-14(17-2)12(8-13(9)15)10-3-5-11(16)6-4-10/h3-8H,1-2H3. The van der Waals surface area contributed by atoms with Gasteiger partial charge in [-0.2, -0.15) is 0 Å². The molecule has 0 saturated carbocycles. The van der Waals surface area contributed by atoms with Gasteiger partial charge in [-0.25, -0.2) is 4.39 Å². The molecule has 2 aromatic rings. The van der Waals surface area contributed by atoms with Crippen molar-refractivity contribution in [2.75, 3.05) is 7.11 Å². The second-order valence-electron chi connectivity index (χ2n) is 3.81. The number of benzene rings is 2. The zero-order valence-electron chi connectivity index (χ0n) is 9.63. The number of rotatable bonds is 2. The lowest BCUT2D eigenvalue weighted by Crippen LogP contribution is -1.90. The van der Waals surface area contributed by atoms with E-state index in [9.17, 15) is 4.39 Å². The third-order valence-electron chi connectivity index (χ3n) is 2.64. The molecule has 2 aromatic carbocycles. The van der Waals surface area contributed by atoms with E-state index in [2.05, 4.69) is 15.9 Å². The SMILES string of the molecule is COc1cc(C)c(Br)cc1-c1ccc(F)cc1. The van der Waals surface area contributed by atoms with Crippen molar-refractivity contribution in [2.45, 2.75) is 6.92 Å². The lowest BCUT2D eigenvalue weighted by Gasteiger charge is -2.11. The number of aryl methyl sites for hydroxylation is 1. The van der Waals surface area contributed by atoms with Crippen LogP contribution < -0.4 is 4.74 Å². The number of ether oxygens (including phenoxy) is 1. The van der Waals surface area contributed by atoms with Crippen LogP contribution in [-0.2, 0) is 0 Å². The molecule has 0 aliphatic heterocycles. The van der Waals surface area contributed by atoms with Gasteiger partial charge in [0.05, 0.1) is 7.11 Å². The van der Waals surface area contributed by atoms with E-state index in [0.29, 0.717) is 0 Å². The second-order valence-corrected chi connectivity index (χ2v) is 4.66. The van der Waals surface area contributed by atoms with Crippen LogP contribution >= 0.6 is 15.9 Å². The lowest BCUT2D eigenvalue weighted by molar-refractivity contribution is 0.416. The summed E-state index contributed by atoms with van der Waals surface area (Å²) >= 11 is 3.49. The van der Waals surface area contributed by atoms with E-state index >= 15 is 0 Å². The van der Waals surface area contributed by atoms with Crippen LogP contribution in [0, 0.1) is 12.7 Å². The Bertz CT molecular complexity index is 535. The number of halogens is 2. The number of hydrogen-bond acceptors (Lipinski definition) is 1. The Kier molecular flexibility index (Phi) is 3.48. The van der Waals surface area contributed by atoms with Gasteiger partial charge in [0.15, 0.2) is 0 Å². The molecule has 0 atom stereocenters. The first-order valence-electron chi connectivity index (χ1n) is 5.22. The Morgan fingerprint density at radius 2 is 1.76 bits per heavy atom. The van der Waals surface area contributed by atoms with Gasteiger partial charge >= 0.3 is 0 Å². The highest BCUT2D eigenvalue weighted by molar-refractivity contribution is 9.10. The quantitative estimate of drug-likeness (QED) is 0.788. The van der Waals surface area contributed by atoms with Crippen molar-refractivity contribution in [3.63, 3.8) is 0 Å². The summed E-state index contributed by atoms with van der Waals surface area (Å²) in [5.41, 5.74) is 2.99. The zero-order valence-corrected chi connectivity index (χ0v) is 11.2. The summed E-state index contributed by atoms with van der Waals surface area (Å²) in [7, 11) is 1.63. The van der Waals surface area contributed by atoms with Gasteiger partial charge in [0.25, 0.3) is 0 Å². The minimum absolute atomic E-state index is 0.237. The van der Waals surface area contributed by atoms with Crippen LogP contribution in [0.25, 0.3) is 11.1 Å². The molecule has 88 valence electrons. The van der Waals surface area contributed by atoms with Gasteiger partial charge in [-0.1, -0.05) is 28.1 Å². The fourth-order valence-corrected chi connectivity index (χ4v) is 2.02. The van der Waals surface area contributed by atoms with Gasteiger partial charge in [-0.3, -0.25) is 0 Å². The normalized spacial score (nSPS) is 10.4. The van der Waals surface area contributed by atoms with Crippen molar-refractivity contribution in [1.29, 1.82) is 0 Å². The average Bonchev–Trinajstić information content (AvgIpc) is 2.33. The summed E-state index contributed by atoms with van der Waals surface area (Å²) < 4.78 is 19.3. The van der Waals surface area contributed by atoms with E-state index in [1.807, 2.05) is 19.1 Å². The minimum atomic E-state index is -0.237. The first-order valence-corrected chi connectivity index (χ1v) is 6.01. The average molecular weight is 295 g/mol. The van der Waals surface area contributed by atoms with Crippen LogP contribution in [0.4, 0.5) is 4.39 Å². The van der Waals surface area contributed by atoms with E-state index in [1.54, 1.807) is 19.2 Å². The molecule has 0 unspecified atom stereocenters. The summed E-state index contributed by atoms with van der Waals surface area (Å²) in [5.74, 6) is 0.552. The molecule has 0 N–H and O–H groups in total. The molecule has 0 amide bonds. The molecule has 0 spiro atoms. The first kappa shape index (κ1) is 12.1. The fraction of sp³-hybridized carbons (Fsp3) is 0.143. The molecular weight excluding hydrogens is 283 g/mol. The highest BCUT2D eigenvalue weighted by Gasteiger charge is 2.08. The van der Waals surface area contributed by atoms with Gasteiger partial charge in [0.1, 0.15) is 11.6 Å². The largest absolute Gasteiger partial charge is 0.496 e. The molecular formula is C14H12BrFO. The third kappa shape index (κ3) is 2.50. The molecule has 0 radical (unpaired) electrons. The van der Waals surface area contributed by atoms with Gasteiger partial charge in [0, 0.05) is 10.0 Å². The smallest absolute Gasteiger partial charge is 0.127 e. The monoisotopic (exact) mass is 294 g/mol. The zero-order chi connectivity index (χ0) is 12.4. The summed E-state index contributed by atoms with van der Waals surface area (Å²) in [5, 5.41) is 0. The van der Waals surface area contributed by atoms with Crippen molar-refractivity contribution < 1.29 is 9.13 Å². The molecule has 2 rings (SSSR count). The Labute approximate surface area is 108 Å². The van der Waals surface area contributed by atoms with Crippen LogP contribution in [0.5, 0.6) is 5.75 Å². The van der Waals surface area contributed by atoms with Crippen molar-refractivity contribution in [3.8, 4) is 16.9 Å². The Morgan fingerprint density at radius 1 is 1.12 bits per heavy atom. The van der Waals surface area contributed by atoms with Gasteiger partial charge in [0.2, 0.25) is 0 Å². The fourth-order valence-electron chi connectivity index (χ4n) is 1.68. The minimum Gasteiger partial charge on any atom is -0.496 e. The third-order valence-corrected chi connectivity index (χ3v) is 3.49. The van der Waals surface area contributed by atoms with E-state index < -0.39 is 0 Å². The van der Waals surface area contributed by atoms with Crippen molar-refractivity contribution >= 4 is 15.9 Å². The Hall–Kier alpha value is -1.35. The van der Waals surface area contributed by atoms with Crippen molar-refractivity contribution in [1.82, 2.24) is 0 Å². The molecule has 0 fully saturated rings. The molecule has 0 heterocycles. The first-order chi connectivity index (χ1) is 8.11. The molecule has 0 aliphatic rings. The molecule has 0 aliphatic carbocycles. The molecule has 0 bridgehead atoms. The molecule has 0 aromatic heterocycles. The van der Waals surface area contributed by atoms with Crippen LogP contribution in [0.2, 0.25) is 0 Å². The van der Waals surface area contributed by atoms with Crippen LogP contribution in [0.3, 0.4) is 0 Å². The van der Waals surface area contributed by atoms with E-state index in [4.69, 9.17) is 4.74 Å². The van der Waals surface area contributed by atoms with Crippen LogP contribution in [-0.4, -0.2) is 7.11 Å². The molecule has 1 nitrogen and oxygen atoms in total. The highest BCUT2D eigenvalue weighted by atomic mass is 79.9.